The van der Waals surface area contributed by atoms with Crippen LogP contribution < -0.4 is 5.32 Å². The first kappa shape index (κ1) is 14.0. The molecule has 2 heterocycles. The molecule has 0 bridgehead atoms. The van der Waals surface area contributed by atoms with E-state index in [0.717, 1.165) is 19.4 Å². The van der Waals surface area contributed by atoms with Crippen molar-refractivity contribution in [1.29, 1.82) is 0 Å². The SMILES string of the molecule is Cn1cc(C(C)(O)CNC(=O)CC2CCCO2)cn1. The summed E-state index contributed by atoms with van der Waals surface area (Å²) in [5, 5.41) is 17.1. The van der Waals surface area contributed by atoms with Crippen molar-refractivity contribution in [3.05, 3.63) is 18.0 Å². The monoisotopic (exact) mass is 267 g/mol. The summed E-state index contributed by atoms with van der Waals surface area (Å²) < 4.78 is 7.03. The number of carbonyl (C=O) groups excluding carboxylic acids is 1. The largest absolute Gasteiger partial charge is 0.383 e. The fraction of sp³-hybridized carbons (Fsp3) is 0.692. The lowest BCUT2D eigenvalue weighted by atomic mass is 9.99. The first-order valence-electron chi connectivity index (χ1n) is 6.57. The molecule has 2 rings (SSSR count). The summed E-state index contributed by atoms with van der Waals surface area (Å²) in [6, 6.07) is 0. The van der Waals surface area contributed by atoms with Crippen LogP contribution in [-0.4, -0.2) is 40.0 Å². The van der Waals surface area contributed by atoms with Crippen LogP contribution in [0.15, 0.2) is 12.4 Å². The number of rotatable bonds is 5. The molecule has 1 aliphatic rings. The highest BCUT2D eigenvalue weighted by Gasteiger charge is 2.26. The zero-order valence-electron chi connectivity index (χ0n) is 11.4. The van der Waals surface area contributed by atoms with Gasteiger partial charge in [-0.1, -0.05) is 0 Å². The van der Waals surface area contributed by atoms with E-state index in [-0.39, 0.29) is 18.6 Å². The van der Waals surface area contributed by atoms with Gasteiger partial charge in [0.1, 0.15) is 5.60 Å². The van der Waals surface area contributed by atoms with Crippen LogP contribution in [0.2, 0.25) is 0 Å². The van der Waals surface area contributed by atoms with Gasteiger partial charge in [0.2, 0.25) is 5.91 Å². The Labute approximate surface area is 112 Å². The third kappa shape index (κ3) is 3.78. The maximum atomic E-state index is 11.8. The Bertz CT molecular complexity index is 436. The van der Waals surface area contributed by atoms with Gasteiger partial charge in [-0.05, 0) is 19.8 Å². The normalized spacial score (nSPS) is 22.2. The Morgan fingerprint density at radius 3 is 3.11 bits per heavy atom. The third-order valence-corrected chi connectivity index (χ3v) is 3.39. The van der Waals surface area contributed by atoms with Gasteiger partial charge < -0.3 is 15.2 Å². The summed E-state index contributed by atoms with van der Waals surface area (Å²) in [5.74, 6) is -0.0870. The fourth-order valence-electron chi connectivity index (χ4n) is 2.16. The van der Waals surface area contributed by atoms with Gasteiger partial charge in [-0.3, -0.25) is 9.48 Å². The average Bonchev–Trinajstić information content (AvgIpc) is 2.98. The first-order valence-corrected chi connectivity index (χ1v) is 6.57. The fourth-order valence-corrected chi connectivity index (χ4v) is 2.16. The predicted octanol–water partition coefficient (Wildman–Crippen LogP) is 0.313. The molecule has 6 nitrogen and oxygen atoms in total. The summed E-state index contributed by atoms with van der Waals surface area (Å²) in [6.07, 6.45) is 5.70. The van der Waals surface area contributed by atoms with E-state index in [0.29, 0.717) is 12.0 Å². The number of ether oxygens (including phenoxy) is 1. The van der Waals surface area contributed by atoms with Gasteiger partial charge in [0.25, 0.3) is 0 Å². The van der Waals surface area contributed by atoms with Crippen molar-refractivity contribution < 1.29 is 14.6 Å². The number of carbonyl (C=O) groups is 1. The molecule has 0 radical (unpaired) electrons. The predicted molar refractivity (Wildman–Crippen MR) is 69.4 cm³/mol. The Balaban J connectivity index is 1.81. The smallest absolute Gasteiger partial charge is 0.222 e. The molecule has 19 heavy (non-hydrogen) atoms. The molecule has 1 aromatic rings. The van der Waals surface area contributed by atoms with Gasteiger partial charge in [-0.2, -0.15) is 5.10 Å². The molecule has 0 aromatic carbocycles. The van der Waals surface area contributed by atoms with E-state index in [2.05, 4.69) is 10.4 Å². The highest BCUT2D eigenvalue weighted by atomic mass is 16.5. The van der Waals surface area contributed by atoms with Crippen LogP contribution in [0.3, 0.4) is 0 Å². The molecule has 106 valence electrons. The molecule has 1 aromatic heterocycles. The minimum atomic E-state index is -1.11. The number of hydrogen-bond acceptors (Lipinski definition) is 4. The molecule has 0 spiro atoms. The molecule has 0 aliphatic carbocycles. The molecule has 2 N–H and O–H groups in total. The van der Waals surface area contributed by atoms with Crippen LogP contribution in [0, 0.1) is 0 Å². The number of aryl methyl sites for hydroxylation is 1. The molecule has 2 atom stereocenters. The lowest BCUT2D eigenvalue weighted by Crippen LogP contribution is -2.39. The van der Waals surface area contributed by atoms with Crippen LogP contribution in [0.5, 0.6) is 0 Å². The Morgan fingerprint density at radius 1 is 1.74 bits per heavy atom. The molecule has 2 unspecified atom stereocenters. The minimum Gasteiger partial charge on any atom is -0.383 e. The second-order valence-corrected chi connectivity index (χ2v) is 5.29. The highest BCUT2D eigenvalue weighted by Crippen LogP contribution is 2.19. The molecule has 1 amide bonds. The standard InChI is InChI=1S/C13H21N3O3/c1-13(18,10-7-15-16(2)8-10)9-14-12(17)6-11-4-3-5-19-11/h7-8,11,18H,3-6,9H2,1-2H3,(H,14,17). The molecular weight excluding hydrogens is 246 g/mol. The maximum Gasteiger partial charge on any atom is 0.222 e. The third-order valence-electron chi connectivity index (χ3n) is 3.39. The van der Waals surface area contributed by atoms with Crippen molar-refractivity contribution in [2.24, 2.45) is 7.05 Å². The minimum absolute atomic E-state index is 0.0309. The Hall–Kier alpha value is -1.40. The second-order valence-electron chi connectivity index (χ2n) is 5.29. The topological polar surface area (TPSA) is 76.4 Å². The van der Waals surface area contributed by atoms with Gasteiger partial charge in [-0.15, -0.1) is 0 Å². The number of aliphatic hydroxyl groups is 1. The van der Waals surface area contributed by atoms with E-state index in [1.807, 2.05) is 0 Å². The zero-order valence-corrected chi connectivity index (χ0v) is 11.4. The van der Waals surface area contributed by atoms with Crippen LogP contribution >= 0.6 is 0 Å². The molecule has 1 aliphatic heterocycles. The number of amides is 1. The lowest BCUT2D eigenvalue weighted by Gasteiger charge is -2.22. The van der Waals surface area contributed by atoms with Crippen LogP contribution in [0.1, 0.15) is 31.7 Å². The second kappa shape index (κ2) is 5.71. The van der Waals surface area contributed by atoms with Crippen LogP contribution in [0.25, 0.3) is 0 Å². The van der Waals surface area contributed by atoms with Crippen LogP contribution in [-0.2, 0) is 22.2 Å². The van der Waals surface area contributed by atoms with Gasteiger partial charge in [-0.25, -0.2) is 0 Å². The van der Waals surface area contributed by atoms with Crippen molar-refractivity contribution in [2.75, 3.05) is 13.2 Å². The zero-order chi connectivity index (χ0) is 13.9. The molecular formula is C13H21N3O3. The summed E-state index contributed by atoms with van der Waals surface area (Å²) in [5.41, 5.74) is -0.423. The number of hydrogen-bond donors (Lipinski definition) is 2. The molecule has 1 fully saturated rings. The first-order chi connectivity index (χ1) is 8.97. The van der Waals surface area contributed by atoms with Crippen molar-refractivity contribution in [3.63, 3.8) is 0 Å². The molecule has 6 heteroatoms. The number of nitrogens with one attached hydrogen (secondary N) is 1. The van der Waals surface area contributed by atoms with E-state index in [9.17, 15) is 9.90 Å². The van der Waals surface area contributed by atoms with Crippen molar-refractivity contribution in [1.82, 2.24) is 15.1 Å². The van der Waals surface area contributed by atoms with E-state index in [1.54, 1.807) is 31.0 Å². The summed E-state index contributed by atoms with van der Waals surface area (Å²) >= 11 is 0. The summed E-state index contributed by atoms with van der Waals surface area (Å²) in [7, 11) is 1.79. The van der Waals surface area contributed by atoms with Crippen molar-refractivity contribution >= 4 is 5.91 Å². The maximum absolute atomic E-state index is 11.8. The molecule has 1 saturated heterocycles. The van der Waals surface area contributed by atoms with E-state index in [1.165, 1.54) is 0 Å². The highest BCUT2D eigenvalue weighted by molar-refractivity contribution is 5.76. The summed E-state index contributed by atoms with van der Waals surface area (Å²) in [4.78, 5) is 11.8. The van der Waals surface area contributed by atoms with Gasteiger partial charge in [0, 0.05) is 25.4 Å². The van der Waals surface area contributed by atoms with Gasteiger partial charge in [0.15, 0.2) is 0 Å². The summed E-state index contributed by atoms with van der Waals surface area (Å²) in [6.45, 7) is 2.58. The number of nitrogens with zero attached hydrogens (tertiary/aromatic N) is 2. The Morgan fingerprint density at radius 2 is 2.53 bits per heavy atom. The lowest BCUT2D eigenvalue weighted by molar-refractivity contribution is -0.124. The van der Waals surface area contributed by atoms with Gasteiger partial charge in [0.05, 0.1) is 25.3 Å². The average molecular weight is 267 g/mol. The van der Waals surface area contributed by atoms with E-state index >= 15 is 0 Å². The quantitative estimate of drug-likeness (QED) is 0.805. The van der Waals surface area contributed by atoms with E-state index in [4.69, 9.17) is 4.74 Å². The number of aromatic nitrogens is 2. The van der Waals surface area contributed by atoms with Crippen molar-refractivity contribution in [2.45, 2.75) is 37.9 Å². The van der Waals surface area contributed by atoms with Gasteiger partial charge >= 0.3 is 0 Å². The Kier molecular flexibility index (Phi) is 4.21. The van der Waals surface area contributed by atoms with E-state index < -0.39 is 5.60 Å². The van der Waals surface area contributed by atoms with Crippen molar-refractivity contribution in [3.8, 4) is 0 Å². The van der Waals surface area contributed by atoms with Crippen LogP contribution in [0.4, 0.5) is 0 Å². The molecule has 0 saturated carbocycles.